The summed E-state index contributed by atoms with van der Waals surface area (Å²) in [6, 6.07) is 14.0. The standard InChI is InChI=1S/C21H29NO3/c1-21(2,3)17-9-5-6-10-18(17)24-14-15-25-20-16(12-13-22)8-7-11-19(20)23-4/h5-11H,12-15,22H2,1-4H3. The number of benzene rings is 2. The Bertz CT molecular complexity index is 677. The highest BCUT2D eigenvalue weighted by molar-refractivity contribution is 5.46. The SMILES string of the molecule is COc1cccc(CCN)c1OCCOc1ccccc1C(C)(C)C. The molecule has 0 saturated carbocycles. The third-order valence-electron chi connectivity index (χ3n) is 3.98. The molecule has 4 nitrogen and oxygen atoms in total. The molecule has 25 heavy (non-hydrogen) atoms. The van der Waals surface area contributed by atoms with Crippen molar-refractivity contribution in [2.45, 2.75) is 32.6 Å². The van der Waals surface area contributed by atoms with Crippen molar-refractivity contribution in [3.05, 3.63) is 53.6 Å². The number of para-hydroxylation sites is 2. The summed E-state index contributed by atoms with van der Waals surface area (Å²) in [6.07, 6.45) is 0.750. The second kappa shape index (κ2) is 8.77. The van der Waals surface area contributed by atoms with Gasteiger partial charge >= 0.3 is 0 Å². The number of ether oxygens (including phenoxy) is 3. The molecule has 0 amide bonds. The molecule has 0 bridgehead atoms. The average Bonchev–Trinajstić information content (AvgIpc) is 2.59. The van der Waals surface area contributed by atoms with Crippen molar-refractivity contribution in [1.82, 2.24) is 0 Å². The molecule has 0 saturated heterocycles. The molecular formula is C21H29NO3. The summed E-state index contributed by atoms with van der Waals surface area (Å²) < 4.78 is 17.3. The topological polar surface area (TPSA) is 53.7 Å². The zero-order valence-corrected chi connectivity index (χ0v) is 15.7. The lowest BCUT2D eigenvalue weighted by Gasteiger charge is -2.23. The Labute approximate surface area is 150 Å². The number of rotatable bonds is 8. The third-order valence-corrected chi connectivity index (χ3v) is 3.98. The van der Waals surface area contributed by atoms with Crippen LogP contribution in [0.2, 0.25) is 0 Å². The van der Waals surface area contributed by atoms with Gasteiger partial charge in [0.1, 0.15) is 19.0 Å². The first-order valence-electron chi connectivity index (χ1n) is 8.68. The first-order valence-corrected chi connectivity index (χ1v) is 8.68. The molecule has 0 atom stereocenters. The van der Waals surface area contributed by atoms with E-state index >= 15 is 0 Å². The molecule has 0 heterocycles. The van der Waals surface area contributed by atoms with E-state index in [1.807, 2.05) is 36.4 Å². The molecule has 0 spiro atoms. The summed E-state index contributed by atoms with van der Waals surface area (Å²) in [7, 11) is 1.64. The number of hydrogen-bond acceptors (Lipinski definition) is 4. The van der Waals surface area contributed by atoms with Gasteiger partial charge in [0.25, 0.3) is 0 Å². The van der Waals surface area contributed by atoms with Crippen molar-refractivity contribution in [2.24, 2.45) is 5.73 Å². The quantitative estimate of drug-likeness (QED) is 0.737. The predicted molar refractivity (Wildman–Crippen MR) is 102 cm³/mol. The van der Waals surface area contributed by atoms with Gasteiger partial charge in [-0.05, 0) is 41.6 Å². The molecule has 2 rings (SSSR count). The lowest BCUT2D eigenvalue weighted by atomic mass is 9.86. The molecule has 2 aromatic rings. The van der Waals surface area contributed by atoms with Crippen LogP contribution in [-0.2, 0) is 11.8 Å². The summed E-state index contributed by atoms with van der Waals surface area (Å²) in [6.45, 7) is 8.02. The van der Waals surface area contributed by atoms with E-state index in [1.165, 1.54) is 5.56 Å². The molecule has 0 aliphatic rings. The summed E-state index contributed by atoms with van der Waals surface area (Å²) in [5.74, 6) is 2.38. The second-order valence-corrected chi connectivity index (χ2v) is 6.93. The highest BCUT2D eigenvalue weighted by Gasteiger charge is 2.18. The zero-order chi connectivity index (χ0) is 18.3. The minimum atomic E-state index is 0.0361. The van der Waals surface area contributed by atoms with E-state index in [1.54, 1.807) is 7.11 Å². The monoisotopic (exact) mass is 343 g/mol. The molecule has 4 heteroatoms. The molecule has 0 fully saturated rings. The molecule has 2 aromatic carbocycles. The fourth-order valence-corrected chi connectivity index (χ4v) is 2.75. The maximum Gasteiger partial charge on any atom is 0.164 e. The van der Waals surface area contributed by atoms with Gasteiger partial charge in [0, 0.05) is 0 Å². The minimum Gasteiger partial charge on any atom is -0.493 e. The van der Waals surface area contributed by atoms with Crippen LogP contribution in [0.25, 0.3) is 0 Å². The summed E-state index contributed by atoms with van der Waals surface area (Å²) in [5.41, 5.74) is 7.97. The van der Waals surface area contributed by atoms with Crippen LogP contribution in [-0.4, -0.2) is 26.9 Å². The van der Waals surface area contributed by atoms with Crippen LogP contribution in [0.1, 0.15) is 31.9 Å². The van der Waals surface area contributed by atoms with Crippen molar-refractivity contribution < 1.29 is 14.2 Å². The highest BCUT2D eigenvalue weighted by atomic mass is 16.5. The highest BCUT2D eigenvalue weighted by Crippen LogP contribution is 2.32. The Hall–Kier alpha value is -2.20. The predicted octanol–water partition coefficient (Wildman–Crippen LogP) is 3.95. The molecule has 0 aromatic heterocycles. The first-order chi connectivity index (χ1) is 12.0. The van der Waals surface area contributed by atoms with Crippen molar-refractivity contribution >= 4 is 0 Å². The molecule has 2 N–H and O–H groups in total. The number of methoxy groups -OCH3 is 1. The van der Waals surface area contributed by atoms with E-state index in [0.717, 1.165) is 29.2 Å². The Kier molecular flexibility index (Phi) is 6.71. The lowest BCUT2D eigenvalue weighted by molar-refractivity contribution is 0.207. The smallest absolute Gasteiger partial charge is 0.164 e. The van der Waals surface area contributed by atoms with Gasteiger partial charge in [-0.15, -0.1) is 0 Å². The Morgan fingerprint density at radius 2 is 1.56 bits per heavy atom. The maximum atomic E-state index is 5.97. The van der Waals surface area contributed by atoms with Crippen LogP contribution < -0.4 is 19.9 Å². The van der Waals surface area contributed by atoms with Gasteiger partial charge in [-0.2, -0.15) is 0 Å². The Balaban J connectivity index is 2.01. The molecule has 0 unspecified atom stereocenters. The van der Waals surface area contributed by atoms with Crippen molar-refractivity contribution in [3.8, 4) is 17.2 Å². The van der Waals surface area contributed by atoms with Gasteiger partial charge in [0.15, 0.2) is 11.5 Å². The maximum absolute atomic E-state index is 5.97. The lowest BCUT2D eigenvalue weighted by Crippen LogP contribution is -2.16. The fourth-order valence-electron chi connectivity index (χ4n) is 2.75. The van der Waals surface area contributed by atoms with Crippen LogP contribution in [0.15, 0.2) is 42.5 Å². The van der Waals surface area contributed by atoms with Crippen LogP contribution in [0, 0.1) is 0 Å². The van der Waals surface area contributed by atoms with Crippen molar-refractivity contribution in [3.63, 3.8) is 0 Å². The molecular weight excluding hydrogens is 314 g/mol. The third kappa shape index (κ3) is 5.13. The van der Waals surface area contributed by atoms with Gasteiger partial charge in [-0.1, -0.05) is 51.1 Å². The summed E-state index contributed by atoms with van der Waals surface area (Å²) >= 11 is 0. The first kappa shape index (κ1) is 19.1. The normalized spacial score (nSPS) is 11.2. The van der Waals surface area contributed by atoms with E-state index in [0.29, 0.717) is 19.8 Å². The van der Waals surface area contributed by atoms with E-state index in [2.05, 4.69) is 26.8 Å². The Morgan fingerprint density at radius 1 is 0.880 bits per heavy atom. The number of hydrogen-bond donors (Lipinski definition) is 1. The molecule has 0 aliphatic heterocycles. The zero-order valence-electron chi connectivity index (χ0n) is 15.7. The molecule has 0 radical (unpaired) electrons. The van der Waals surface area contributed by atoms with E-state index in [-0.39, 0.29) is 5.41 Å². The molecule has 136 valence electrons. The van der Waals surface area contributed by atoms with Crippen molar-refractivity contribution in [2.75, 3.05) is 26.9 Å². The second-order valence-electron chi connectivity index (χ2n) is 6.93. The average molecular weight is 343 g/mol. The van der Waals surface area contributed by atoms with E-state index < -0.39 is 0 Å². The van der Waals surface area contributed by atoms with Gasteiger partial charge in [0.2, 0.25) is 0 Å². The van der Waals surface area contributed by atoms with E-state index in [4.69, 9.17) is 19.9 Å². The van der Waals surface area contributed by atoms with Gasteiger partial charge in [0.05, 0.1) is 7.11 Å². The van der Waals surface area contributed by atoms with Gasteiger partial charge in [-0.25, -0.2) is 0 Å². The number of nitrogens with two attached hydrogens (primary N) is 1. The van der Waals surface area contributed by atoms with Crippen LogP contribution >= 0.6 is 0 Å². The van der Waals surface area contributed by atoms with Gasteiger partial charge < -0.3 is 19.9 Å². The summed E-state index contributed by atoms with van der Waals surface area (Å²) in [4.78, 5) is 0. The van der Waals surface area contributed by atoms with Crippen LogP contribution in [0.4, 0.5) is 0 Å². The van der Waals surface area contributed by atoms with Crippen molar-refractivity contribution in [1.29, 1.82) is 0 Å². The van der Waals surface area contributed by atoms with E-state index in [9.17, 15) is 0 Å². The summed E-state index contributed by atoms with van der Waals surface area (Å²) in [5, 5.41) is 0. The largest absolute Gasteiger partial charge is 0.493 e. The fraction of sp³-hybridized carbons (Fsp3) is 0.429. The van der Waals surface area contributed by atoms with Crippen LogP contribution in [0.5, 0.6) is 17.2 Å². The Morgan fingerprint density at radius 3 is 2.24 bits per heavy atom. The van der Waals surface area contributed by atoms with Gasteiger partial charge in [-0.3, -0.25) is 0 Å². The minimum absolute atomic E-state index is 0.0361. The molecule has 0 aliphatic carbocycles. The van der Waals surface area contributed by atoms with Crippen LogP contribution in [0.3, 0.4) is 0 Å².